The summed E-state index contributed by atoms with van der Waals surface area (Å²) in [4.78, 5) is 32.5. The minimum atomic E-state index is -4.55. The van der Waals surface area contributed by atoms with E-state index in [1.54, 1.807) is 18.2 Å². The molecule has 0 saturated carbocycles. The minimum absolute atomic E-state index is 0.112. The average Bonchev–Trinajstić information content (AvgIpc) is 2.92. The number of carbonyl (C=O) groups excluding carboxylic acids is 1. The SMILES string of the molecule is Cc1ccc(NC(=O)c2cccc(C(F)(F)F)c2)cc1Nc1ncnc2c(N)nc(NN3CCN(C)CC3)nc12. The summed E-state index contributed by atoms with van der Waals surface area (Å²) >= 11 is 0. The van der Waals surface area contributed by atoms with Crippen molar-refractivity contribution in [2.75, 3.05) is 55.0 Å². The summed E-state index contributed by atoms with van der Waals surface area (Å²) in [5.74, 6) is 0.190. The van der Waals surface area contributed by atoms with Crippen molar-refractivity contribution in [3.05, 3.63) is 65.5 Å². The lowest BCUT2D eigenvalue weighted by atomic mass is 10.1. The molecule has 0 radical (unpaired) electrons. The Morgan fingerprint density at radius 2 is 1.77 bits per heavy atom. The van der Waals surface area contributed by atoms with Gasteiger partial charge in [0.15, 0.2) is 11.6 Å². The first-order chi connectivity index (χ1) is 19.1. The number of hydrazine groups is 1. The normalized spacial score (nSPS) is 14.7. The second kappa shape index (κ2) is 10.9. The second-order valence-corrected chi connectivity index (χ2v) is 9.44. The molecule has 4 aromatic rings. The fourth-order valence-electron chi connectivity index (χ4n) is 4.17. The first-order valence-corrected chi connectivity index (χ1v) is 12.4. The van der Waals surface area contributed by atoms with E-state index in [9.17, 15) is 18.0 Å². The first kappa shape index (κ1) is 27.0. The zero-order valence-corrected chi connectivity index (χ0v) is 21.8. The van der Waals surface area contributed by atoms with Gasteiger partial charge in [0, 0.05) is 43.1 Å². The number of nitrogens with zero attached hydrogens (tertiary/aromatic N) is 6. The topological polar surface area (TPSA) is 137 Å². The Kier molecular flexibility index (Phi) is 7.36. The van der Waals surface area contributed by atoms with Crippen LogP contribution in [0.1, 0.15) is 21.5 Å². The molecule has 0 unspecified atom stereocenters. The van der Waals surface area contributed by atoms with E-state index >= 15 is 0 Å². The van der Waals surface area contributed by atoms with Crippen LogP contribution >= 0.6 is 0 Å². The van der Waals surface area contributed by atoms with Crippen LogP contribution in [0, 0.1) is 6.92 Å². The van der Waals surface area contributed by atoms with Crippen molar-refractivity contribution >= 4 is 45.9 Å². The maximum absolute atomic E-state index is 13.1. The number of hydrogen-bond donors (Lipinski definition) is 4. The van der Waals surface area contributed by atoms with Crippen LogP contribution in [0.15, 0.2) is 48.8 Å². The number of piperazine rings is 1. The number of halogens is 3. The molecule has 5 rings (SSSR count). The molecule has 3 heterocycles. The monoisotopic (exact) mass is 552 g/mol. The van der Waals surface area contributed by atoms with Gasteiger partial charge in [0.05, 0.1) is 5.56 Å². The van der Waals surface area contributed by atoms with Gasteiger partial charge in [-0.3, -0.25) is 10.2 Å². The molecule has 1 aliphatic heterocycles. The molecule has 2 aromatic heterocycles. The number of nitrogen functional groups attached to an aromatic ring is 1. The van der Waals surface area contributed by atoms with Crippen LogP contribution in [0.4, 0.5) is 42.1 Å². The first-order valence-electron chi connectivity index (χ1n) is 12.4. The van der Waals surface area contributed by atoms with Gasteiger partial charge >= 0.3 is 6.18 Å². The van der Waals surface area contributed by atoms with Crippen LogP contribution < -0.4 is 21.8 Å². The number of hydrogen-bond acceptors (Lipinski definition) is 10. The van der Waals surface area contributed by atoms with E-state index in [-0.39, 0.29) is 11.4 Å². The van der Waals surface area contributed by atoms with E-state index in [2.05, 4.69) is 47.9 Å². The molecule has 0 spiro atoms. The van der Waals surface area contributed by atoms with Gasteiger partial charge in [0.2, 0.25) is 5.95 Å². The number of aromatic nitrogens is 4. The fraction of sp³-hybridized carbons (Fsp3) is 0.269. The minimum Gasteiger partial charge on any atom is -0.382 e. The van der Waals surface area contributed by atoms with Gasteiger partial charge < -0.3 is 21.3 Å². The summed E-state index contributed by atoms with van der Waals surface area (Å²) in [6.45, 7) is 5.21. The highest BCUT2D eigenvalue weighted by Gasteiger charge is 2.31. The summed E-state index contributed by atoms with van der Waals surface area (Å²) in [5, 5.41) is 7.88. The van der Waals surface area contributed by atoms with Gasteiger partial charge in [0.25, 0.3) is 5.91 Å². The third kappa shape index (κ3) is 6.02. The molecule has 0 atom stereocenters. The molecular formula is C26H27F3N10O. The Balaban J connectivity index is 1.39. The standard InChI is InChI=1S/C26H27F3N10O/c1-15-6-7-18(33-24(40)16-4-3-5-17(12-16)26(27,28)29)13-19(15)34-23-21-20(31-14-32-23)22(30)36-25(35-21)37-39-10-8-38(2)9-11-39/h3-7,12-14H,8-11H2,1-2H3,(H,33,40)(H,31,32,34)(H3,30,35,36,37). The molecule has 0 bridgehead atoms. The number of anilines is 5. The van der Waals surface area contributed by atoms with Crippen molar-refractivity contribution in [2.45, 2.75) is 13.1 Å². The molecule has 5 N–H and O–H groups in total. The average molecular weight is 553 g/mol. The van der Waals surface area contributed by atoms with Crippen LogP contribution in [0.2, 0.25) is 0 Å². The third-order valence-corrected chi connectivity index (χ3v) is 6.47. The molecule has 11 nitrogen and oxygen atoms in total. The van der Waals surface area contributed by atoms with E-state index in [0.29, 0.717) is 34.2 Å². The maximum atomic E-state index is 13.1. The number of alkyl halides is 3. The number of carbonyl (C=O) groups is 1. The lowest BCUT2D eigenvalue weighted by Crippen LogP contribution is -2.47. The van der Waals surface area contributed by atoms with E-state index in [0.717, 1.165) is 43.9 Å². The van der Waals surface area contributed by atoms with Gasteiger partial charge in [-0.05, 0) is 49.9 Å². The third-order valence-electron chi connectivity index (χ3n) is 6.47. The zero-order chi connectivity index (χ0) is 28.4. The summed E-state index contributed by atoms with van der Waals surface area (Å²) in [6.07, 6.45) is -3.21. The molecule has 208 valence electrons. The summed E-state index contributed by atoms with van der Waals surface area (Å²) in [7, 11) is 2.06. The van der Waals surface area contributed by atoms with Crippen molar-refractivity contribution < 1.29 is 18.0 Å². The van der Waals surface area contributed by atoms with Crippen molar-refractivity contribution in [1.82, 2.24) is 29.8 Å². The van der Waals surface area contributed by atoms with Crippen LogP contribution in [0.5, 0.6) is 0 Å². The molecule has 1 amide bonds. The summed E-state index contributed by atoms with van der Waals surface area (Å²) < 4.78 is 39.2. The Morgan fingerprint density at radius 1 is 1.00 bits per heavy atom. The molecular weight excluding hydrogens is 525 g/mol. The number of rotatable bonds is 6. The Bertz CT molecular complexity index is 1550. The molecule has 2 aromatic carbocycles. The van der Waals surface area contributed by atoms with E-state index in [1.807, 2.05) is 11.9 Å². The molecule has 14 heteroatoms. The van der Waals surface area contributed by atoms with Crippen LogP contribution in [0.3, 0.4) is 0 Å². The Hall–Kier alpha value is -4.56. The number of aryl methyl sites for hydroxylation is 1. The molecule has 40 heavy (non-hydrogen) atoms. The van der Waals surface area contributed by atoms with Crippen LogP contribution in [0.25, 0.3) is 11.0 Å². The summed E-state index contributed by atoms with van der Waals surface area (Å²) in [5.41, 5.74) is 10.9. The zero-order valence-electron chi connectivity index (χ0n) is 21.8. The number of benzene rings is 2. The fourth-order valence-corrected chi connectivity index (χ4v) is 4.17. The molecule has 1 saturated heterocycles. The largest absolute Gasteiger partial charge is 0.416 e. The summed E-state index contributed by atoms with van der Waals surface area (Å²) in [6, 6.07) is 9.32. The predicted molar refractivity (Wildman–Crippen MR) is 146 cm³/mol. The Morgan fingerprint density at radius 3 is 2.52 bits per heavy atom. The van der Waals surface area contributed by atoms with E-state index in [4.69, 9.17) is 5.73 Å². The quantitative estimate of drug-likeness (QED) is 0.279. The molecule has 1 fully saturated rings. The number of fused-ring (bicyclic) bond motifs is 1. The van der Waals surface area contributed by atoms with Crippen molar-refractivity contribution in [1.29, 1.82) is 0 Å². The number of likely N-dealkylation sites (N-methyl/N-ethyl adjacent to an activating group) is 1. The van der Waals surface area contributed by atoms with Crippen molar-refractivity contribution in [3.63, 3.8) is 0 Å². The number of amides is 1. The van der Waals surface area contributed by atoms with E-state index < -0.39 is 17.6 Å². The van der Waals surface area contributed by atoms with Gasteiger partial charge in [-0.25, -0.2) is 20.0 Å². The van der Waals surface area contributed by atoms with Crippen molar-refractivity contribution in [2.24, 2.45) is 0 Å². The van der Waals surface area contributed by atoms with Crippen LogP contribution in [-0.4, -0.2) is 69.0 Å². The highest BCUT2D eigenvalue weighted by atomic mass is 19.4. The number of nitrogens with two attached hydrogens (primary N) is 1. The van der Waals surface area contributed by atoms with Gasteiger partial charge in [-0.1, -0.05) is 12.1 Å². The lowest BCUT2D eigenvalue weighted by Gasteiger charge is -2.32. The number of nitrogens with one attached hydrogen (secondary N) is 3. The van der Waals surface area contributed by atoms with Crippen LogP contribution in [-0.2, 0) is 6.18 Å². The smallest absolute Gasteiger partial charge is 0.382 e. The van der Waals surface area contributed by atoms with Gasteiger partial charge in [-0.15, -0.1) is 0 Å². The molecule has 0 aliphatic carbocycles. The van der Waals surface area contributed by atoms with E-state index in [1.165, 1.54) is 18.5 Å². The second-order valence-electron chi connectivity index (χ2n) is 9.44. The molecule has 1 aliphatic rings. The maximum Gasteiger partial charge on any atom is 0.416 e. The van der Waals surface area contributed by atoms with Gasteiger partial charge in [0.1, 0.15) is 17.4 Å². The highest BCUT2D eigenvalue weighted by Crippen LogP contribution is 2.31. The predicted octanol–water partition coefficient (Wildman–Crippen LogP) is 3.90. The lowest BCUT2D eigenvalue weighted by molar-refractivity contribution is -0.137. The Labute approximate surface area is 227 Å². The van der Waals surface area contributed by atoms with Crippen molar-refractivity contribution in [3.8, 4) is 0 Å². The van der Waals surface area contributed by atoms with Gasteiger partial charge in [-0.2, -0.15) is 18.2 Å². The highest BCUT2D eigenvalue weighted by molar-refractivity contribution is 6.04.